The Balaban J connectivity index is 1.93. The van der Waals surface area contributed by atoms with Crippen molar-refractivity contribution in [2.45, 2.75) is 5.25 Å². The van der Waals surface area contributed by atoms with Crippen LogP contribution in [0.4, 0.5) is 0 Å². The Hall–Kier alpha value is -0.650. The Morgan fingerprint density at radius 2 is 2.19 bits per heavy atom. The van der Waals surface area contributed by atoms with E-state index < -0.39 is 0 Å². The van der Waals surface area contributed by atoms with E-state index in [1.54, 1.807) is 27.0 Å². The third-order valence-electron chi connectivity index (χ3n) is 2.36. The first-order valence-corrected chi connectivity index (χ1v) is 7.46. The molecule has 1 unspecified atom stereocenters. The lowest BCUT2D eigenvalue weighted by Gasteiger charge is -2.01. The van der Waals surface area contributed by atoms with Gasteiger partial charge in [0.15, 0.2) is 11.5 Å². The van der Waals surface area contributed by atoms with Gasteiger partial charge in [0.2, 0.25) is 6.79 Å². The third-order valence-corrected chi connectivity index (χ3v) is 5.46. The molecule has 5 heteroatoms. The van der Waals surface area contributed by atoms with Crippen molar-refractivity contribution in [3.63, 3.8) is 0 Å². The van der Waals surface area contributed by atoms with E-state index in [0.29, 0.717) is 12.0 Å². The van der Waals surface area contributed by atoms with Crippen molar-refractivity contribution in [2.24, 2.45) is 0 Å². The topological polar surface area (TPSA) is 18.5 Å². The molecule has 0 N–H and O–H groups in total. The highest BCUT2D eigenvalue weighted by Gasteiger charge is 2.19. The van der Waals surface area contributed by atoms with Gasteiger partial charge in [-0.1, -0.05) is 39.9 Å². The van der Waals surface area contributed by atoms with E-state index in [1.807, 2.05) is 12.1 Å². The summed E-state index contributed by atoms with van der Waals surface area (Å²) in [6, 6.07) is 6.03. The normalized spacial score (nSPS) is 22.0. The Morgan fingerprint density at radius 1 is 1.31 bits per heavy atom. The molecule has 0 saturated carbocycles. The summed E-state index contributed by atoms with van der Waals surface area (Å²) in [5.74, 6) is 1.65. The van der Waals surface area contributed by atoms with Crippen LogP contribution in [0, 0.1) is 0 Å². The van der Waals surface area contributed by atoms with E-state index in [0.717, 1.165) is 11.5 Å². The maximum atomic E-state index is 5.36. The highest BCUT2D eigenvalue weighted by molar-refractivity contribution is 8.81. The van der Waals surface area contributed by atoms with Crippen molar-refractivity contribution in [3.05, 3.63) is 29.8 Å². The lowest BCUT2D eigenvalue weighted by Crippen LogP contribution is -1.92. The number of rotatable bonds is 2. The van der Waals surface area contributed by atoms with Crippen LogP contribution in [-0.4, -0.2) is 17.4 Å². The zero-order chi connectivity index (χ0) is 11.0. The van der Waals surface area contributed by atoms with Gasteiger partial charge in [0, 0.05) is 4.91 Å². The summed E-state index contributed by atoms with van der Waals surface area (Å²) in [5, 5.41) is 2.12. The highest BCUT2D eigenvalue weighted by Crippen LogP contribution is 2.48. The summed E-state index contributed by atoms with van der Waals surface area (Å²) in [6.45, 7) is 0.322. The van der Waals surface area contributed by atoms with E-state index in [4.69, 9.17) is 21.7 Å². The summed E-state index contributed by atoms with van der Waals surface area (Å²) in [6.07, 6.45) is 2.18. The van der Waals surface area contributed by atoms with Crippen LogP contribution in [0.5, 0.6) is 11.5 Å². The van der Waals surface area contributed by atoms with E-state index in [1.165, 1.54) is 10.5 Å². The monoisotopic (exact) mass is 268 g/mol. The Kier molecular flexibility index (Phi) is 2.83. The molecule has 2 aliphatic heterocycles. The second-order valence-electron chi connectivity index (χ2n) is 3.38. The number of benzene rings is 1. The van der Waals surface area contributed by atoms with E-state index in [2.05, 4.69) is 12.1 Å². The Bertz CT molecular complexity index is 470. The van der Waals surface area contributed by atoms with Crippen LogP contribution in [0.1, 0.15) is 5.56 Å². The zero-order valence-corrected chi connectivity index (χ0v) is 10.7. The zero-order valence-electron chi connectivity index (χ0n) is 8.21. The SMILES string of the molecule is S=CC1C=C(c2ccc3c(c2)OCO3)SS1. The lowest BCUT2D eigenvalue weighted by molar-refractivity contribution is 0.174. The van der Waals surface area contributed by atoms with Crippen LogP contribution < -0.4 is 9.47 Å². The summed E-state index contributed by atoms with van der Waals surface area (Å²) >= 11 is 4.95. The van der Waals surface area contributed by atoms with Gasteiger partial charge in [0.25, 0.3) is 0 Å². The minimum Gasteiger partial charge on any atom is -0.454 e. The quantitative estimate of drug-likeness (QED) is 0.601. The fourth-order valence-corrected chi connectivity index (χ4v) is 4.42. The number of hydrogen-bond donors (Lipinski definition) is 0. The minimum atomic E-state index is 0.322. The maximum absolute atomic E-state index is 5.36. The van der Waals surface area contributed by atoms with Crippen LogP contribution in [0.2, 0.25) is 0 Å². The second-order valence-corrected chi connectivity index (χ2v) is 6.07. The molecule has 1 aromatic carbocycles. The summed E-state index contributed by atoms with van der Waals surface area (Å²) in [7, 11) is 3.53. The Morgan fingerprint density at radius 3 is 3.00 bits per heavy atom. The molecule has 0 aliphatic carbocycles. The van der Waals surface area contributed by atoms with Crippen LogP contribution >= 0.6 is 33.8 Å². The molecule has 2 aliphatic rings. The van der Waals surface area contributed by atoms with Crippen molar-refractivity contribution in [2.75, 3.05) is 6.79 Å². The fraction of sp³-hybridized carbons (Fsp3) is 0.182. The number of fused-ring (bicyclic) bond motifs is 1. The largest absolute Gasteiger partial charge is 0.454 e. The van der Waals surface area contributed by atoms with E-state index in [9.17, 15) is 0 Å². The maximum Gasteiger partial charge on any atom is 0.231 e. The number of thiocarbonyl (C=S) groups is 1. The minimum absolute atomic E-state index is 0.322. The predicted molar refractivity (Wildman–Crippen MR) is 73.2 cm³/mol. The molecule has 2 nitrogen and oxygen atoms in total. The van der Waals surface area contributed by atoms with Gasteiger partial charge < -0.3 is 9.47 Å². The first-order chi connectivity index (χ1) is 7.86. The molecule has 0 aromatic heterocycles. The van der Waals surface area contributed by atoms with E-state index >= 15 is 0 Å². The van der Waals surface area contributed by atoms with Crippen molar-refractivity contribution in [1.29, 1.82) is 0 Å². The standard InChI is InChI=1S/C11H8O2S3/c14-5-8-4-11(16-15-8)7-1-2-9-10(3-7)13-6-12-9/h1-5,8H,6H2. The molecule has 0 amide bonds. The predicted octanol–water partition coefficient (Wildman–Crippen LogP) is 3.52. The molecular formula is C11H8O2S3. The van der Waals surface area contributed by atoms with Gasteiger partial charge >= 0.3 is 0 Å². The molecule has 1 aromatic rings. The van der Waals surface area contributed by atoms with Crippen LogP contribution in [-0.2, 0) is 0 Å². The number of ether oxygens (including phenoxy) is 2. The summed E-state index contributed by atoms with van der Waals surface area (Å²) in [4.78, 5) is 1.24. The number of hydrogen-bond acceptors (Lipinski definition) is 5. The third kappa shape index (κ3) is 1.83. The molecule has 3 rings (SSSR count). The average Bonchev–Trinajstić information content (AvgIpc) is 2.96. The summed E-state index contributed by atoms with van der Waals surface area (Å²) < 4.78 is 10.6. The average molecular weight is 268 g/mol. The highest BCUT2D eigenvalue weighted by atomic mass is 33.1. The van der Waals surface area contributed by atoms with Crippen LogP contribution in [0.15, 0.2) is 24.3 Å². The first-order valence-electron chi connectivity index (χ1n) is 4.77. The molecular weight excluding hydrogens is 260 g/mol. The van der Waals surface area contributed by atoms with Gasteiger partial charge in [-0.3, -0.25) is 0 Å². The van der Waals surface area contributed by atoms with Crippen molar-refractivity contribution in [3.8, 4) is 11.5 Å². The van der Waals surface area contributed by atoms with Gasteiger partial charge in [-0.15, -0.1) is 0 Å². The Labute approximate surface area is 107 Å². The molecule has 0 fully saturated rings. The molecule has 0 radical (unpaired) electrons. The van der Waals surface area contributed by atoms with Crippen molar-refractivity contribution >= 4 is 44.1 Å². The first kappa shape index (κ1) is 10.5. The molecule has 82 valence electrons. The smallest absolute Gasteiger partial charge is 0.231 e. The fourth-order valence-electron chi connectivity index (χ4n) is 1.57. The van der Waals surface area contributed by atoms with Crippen molar-refractivity contribution < 1.29 is 9.47 Å². The van der Waals surface area contributed by atoms with Gasteiger partial charge in [-0.2, -0.15) is 0 Å². The molecule has 1 atom stereocenters. The van der Waals surface area contributed by atoms with Gasteiger partial charge in [-0.25, -0.2) is 0 Å². The van der Waals surface area contributed by atoms with Gasteiger partial charge in [-0.05, 0) is 29.1 Å². The molecule has 0 saturated heterocycles. The molecule has 2 heterocycles. The van der Waals surface area contributed by atoms with Crippen LogP contribution in [0.25, 0.3) is 4.91 Å². The second kappa shape index (κ2) is 4.31. The van der Waals surface area contributed by atoms with E-state index in [-0.39, 0.29) is 0 Å². The molecule has 0 bridgehead atoms. The molecule has 16 heavy (non-hydrogen) atoms. The van der Waals surface area contributed by atoms with Crippen LogP contribution in [0.3, 0.4) is 0 Å². The summed E-state index contributed by atoms with van der Waals surface area (Å²) in [5.41, 5.74) is 1.17. The van der Waals surface area contributed by atoms with Gasteiger partial charge in [0.05, 0.1) is 5.25 Å². The molecule has 0 spiro atoms. The lowest BCUT2D eigenvalue weighted by atomic mass is 10.1. The van der Waals surface area contributed by atoms with Crippen molar-refractivity contribution in [1.82, 2.24) is 0 Å². The van der Waals surface area contributed by atoms with Gasteiger partial charge in [0.1, 0.15) is 0 Å².